The van der Waals surface area contributed by atoms with E-state index >= 15 is 0 Å². The Balaban J connectivity index is 2.12. The molecule has 0 saturated carbocycles. The number of aromatic nitrogens is 5. The summed E-state index contributed by atoms with van der Waals surface area (Å²) in [6, 6.07) is 3.78. The highest BCUT2D eigenvalue weighted by atomic mass is 15.3. The number of rotatable bonds is 2. The van der Waals surface area contributed by atoms with Crippen LogP contribution in [0.5, 0.6) is 0 Å². The fraction of sp³-hybridized carbons (Fsp3) is 0.167. The highest BCUT2D eigenvalue weighted by molar-refractivity contribution is 5.89. The van der Waals surface area contributed by atoms with Crippen LogP contribution in [-0.4, -0.2) is 24.7 Å². The highest BCUT2D eigenvalue weighted by Crippen LogP contribution is 2.24. The van der Waals surface area contributed by atoms with Gasteiger partial charge in [-0.25, -0.2) is 9.97 Å². The lowest BCUT2D eigenvalue weighted by atomic mass is 10.2. The maximum absolute atomic E-state index is 8.87. The van der Waals surface area contributed by atoms with Gasteiger partial charge in [0.15, 0.2) is 0 Å². The van der Waals surface area contributed by atoms with E-state index in [9.17, 15) is 0 Å². The molecule has 0 bridgehead atoms. The van der Waals surface area contributed by atoms with Gasteiger partial charge >= 0.3 is 0 Å². The first-order chi connectivity index (χ1) is 8.79. The number of fused-ring (bicyclic) bond motifs is 1. The molecule has 0 aromatic carbocycles. The number of H-pyrrole nitrogens is 1. The smallest absolute Gasteiger partial charge is 0.141 e. The quantitative estimate of drug-likeness (QED) is 0.739. The lowest BCUT2D eigenvalue weighted by molar-refractivity contribution is 0.591. The average molecular weight is 238 g/mol. The molecule has 0 aliphatic carbocycles. The van der Waals surface area contributed by atoms with Crippen LogP contribution in [0.2, 0.25) is 0 Å². The van der Waals surface area contributed by atoms with E-state index in [0.717, 1.165) is 22.3 Å². The van der Waals surface area contributed by atoms with Crippen LogP contribution in [0.25, 0.3) is 22.3 Å². The van der Waals surface area contributed by atoms with Gasteiger partial charge in [-0.1, -0.05) is 0 Å². The van der Waals surface area contributed by atoms with Crippen LogP contribution in [-0.2, 0) is 0 Å². The molecule has 0 radical (unpaired) electrons. The van der Waals surface area contributed by atoms with Gasteiger partial charge in [-0.3, -0.25) is 4.68 Å². The van der Waals surface area contributed by atoms with Gasteiger partial charge in [0, 0.05) is 23.3 Å². The van der Waals surface area contributed by atoms with E-state index in [1.54, 1.807) is 17.8 Å². The summed E-state index contributed by atoms with van der Waals surface area (Å²) in [6.07, 6.45) is 6.87. The zero-order chi connectivity index (χ0) is 12.5. The van der Waals surface area contributed by atoms with Crippen molar-refractivity contribution in [3.05, 3.63) is 31.0 Å². The summed E-state index contributed by atoms with van der Waals surface area (Å²) in [5.41, 5.74) is 2.49. The normalized spacial score (nSPS) is 12.4. The van der Waals surface area contributed by atoms with Crippen molar-refractivity contribution in [3.63, 3.8) is 0 Å². The summed E-state index contributed by atoms with van der Waals surface area (Å²) in [4.78, 5) is 11.5. The topological polar surface area (TPSA) is 83.2 Å². The van der Waals surface area contributed by atoms with Crippen molar-refractivity contribution in [3.8, 4) is 17.3 Å². The third-order valence-electron chi connectivity index (χ3n) is 2.81. The predicted molar refractivity (Wildman–Crippen MR) is 65.4 cm³/mol. The summed E-state index contributed by atoms with van der Waals surface area (Å²) < 4.78 is 1.62. The fourth-order valence-corrected chi connectivity index (χ4v) is 1.83. The Morgan fingerprint density at radius 2 is 2.33 bits per heavy atom. The standard InChI is InChI=1S/C12H10N6/c1-8(4-13)18-6-9(5-17-18)11-10-2-3-14-12(10)16-7-15-11/h2-3,5-8H,1H3,(H,14,15,16). The van der Waals surface area contributed by atoms with Gasteiger partial charge in [-0.15, -0.1) is 0 Å². The molecule has 1 N–H and O–H groups in total. The van der Waals surface area contributed by atoms with Crippen molar-refractivity contribution in [1.82, 2.24) is 24.7 Å². The Morgan fingerprint density at radius 3 is 3.17 bits per heavy atom. The van der Waals surface area contributed by atoms with Gasteiger partial charge < -0.3 is 4.98 Å². The first-order valence-corrected chi connectivity index (χ1v) is 5.52. The molecule has 0 spiro atoms. The maximum Gasteiger partial charge on any atom is 0.141 e. The van der Waals surface area contributed by atoms with E-state index in [-0.39, 0.29) is 6.04 Å². The summed E-state index contributed by atoms with van der Waals surface area (Å²) in [6.45, 7) is 1.79. The minimum absolute atomic E-state index is 0.290. The van der Waals surface area contributed by atoms with Crippen LogP contribution < -0.4 is 0 Å². The van der Waals surface area contributed by atoms with Gasteiger partial charge in [-0.05, 0) is 13.0 Å². The number of nitriles is 1. The largest absolute Gasteiger partial charge is 0.346 e. The molecule has 3 heterocycles. The molecule has 3 aromatic rings. The molecular weight excluding hydrogens is 228 g/mol. The minimum Gasteiger partial charge on any atom is -0.346 e. The summed E-state index contributed by atoms with van der Waals surface area (Å²) in [7, 11) is 0. The second-order valence-electron chi connectivity index (χ2n) is 3.98. The van der Waals surface area contributed by atoms with Crippen molar-refractivity contribution in [2.24, 2.45) is 0 Å². The van der Waals surface area contributed by atoms with Gasteiger partial charge in [0.1, 0.15) is 18.0 Å². The van der Waals surface area contributed by atoms with Crippen molar-refractivity contribution in [2.75, 3.05) is 0 Å². The zero-order valence-corrected chi connectivity index (χ0v) is 9.70. The third-order valence-corrected chi connectivity index (χ3v) is 2.81. The molecule has 88 valence electrons. The molecule has 0 aliphatic heterocycles. The summed E-state index contributed by atoms with van der Waals surface area (Å²) in [5, 5.41) is 14.0. The van der Waals surface area contributed by atoms with Crippen molar-refractivity contribution >= 4 is 11.0 Å². The monoisotopic (exact) mass is 238 g/mol. The summed E-state index contributed by atoms with van der Waals surface area (Å²) >= 11 is 0. The van der Waals surface area contributed by atoms with Gasteiger partial charge in [-0.2, -0.15) is 10.4 Å². The molecule has 18 heavy (non-hydrogen) atoms. The molecule has 0 amide bonds. The second-order valence-corrected chi connectivity index (χ2v) is 3.98. The molecule has 0 saturated heterocycles. The van der Waals surface area contributed by atoms with Crippen LogP contribution >= 0.6 is 0 Å². The highest BCUT2D eigenvalue weighted by Gasteiger charge is 2.11. The Bertz CT molecular complexity index is 732. The van der Waals surface area contributed by atoms with Crippen LogP contribution in [0.3, 0.4) is 0 Å². The van der Waals surface area contributed by atoms with Gasteiger partial charge in [0.05, 0.1) is 18.0 Å². The van der Waals surface area contributed by atoms with E-state index in [0.29, 0.717) is 0 Å². The molecule has 3 aromatic heterocycles. The first kappa shape index (κ1) is 10.5. The number of nitrogens with one attached hydrogen (secondary N) is 1. The second kappa shape index (κ2) is 3.96. The number of nitrogens with zero attached hydrogens (tertiary/aromatic N) is 5. The molecule has 6 heteroatoms. The average Bonchev–Trinajstić information content (AvgIpc) is 3.05. The summed E-state index contributed by atoms with van der Waals surface area (Å²) in [5.74, 6) is 0. The molecule has 1 atom stereocenters. The van der Waals surface area contributed by atoms with E-state index < -0.39 is 0 Å². The van der Waals surface area contributed by atoms with Crippen LogP contribution in [0.4, 0.5) is 0 Å². The molecule has 6 nitrogen and oxygen atoms in total. The van der Waals surface area contributed by atoms with E-state index in [4.69, 9.17) is 5.26 Å². The molecule has 0 fully saturated rings. The Morgan fingerprint density at radius 1 is 1.44 bits per heavy atom. The molecule has 1 unspecified atom stereocenters. The molecule has 3 rings (SSSR count). The lowest BCUT2D eigenvalue weighted by Gasteiger charge is -2.01. The van der Waals surface area contributed by atoms with Gasteiger partial charge in [0.25, 0.3) is 0 Å². The van der Waals surface area contributed by atoms with Crippen LogP contribution in [0.1, 0.15) is 13.0 Å². The Labute approximate surface area is 103 Å². The number of aromatic amines is 1. The van der Waals surface area contributed by atoms with E-state index in [2.05, 4.69) is 26.1 Å². The zero-order valence-electron chi connectivity index (χ0n) is 9.70. The maximum atomic E-state index is 8.87. The molecule has 0 aliphatic rings. The SMILES string of the molecule is CC(C#N)n1cc(-c2ncnc3[nH]ccc23)cn1. The van der Waals surface area contributed by atoms with Crippen molar-refractivity contribution < 1.29 is 0 Å². The minimum atomic E-state index is -0.290. The van der Waals surface area contributed by atoms with E-state index in [1.807, 2.05) is 18.5 Å². The lowest BCUT2D eigenvalue weighted by Crippen LogP contribution is -2.01. The number of hydrogen-bond acceptors (Lipinski definition) is 4. The fourth-order valence-electron chi connectivity index (χ4n) is 1.83. The third kappa shape index (κ3) is 1.53. The Kier molecular flexibility index (Phi) is 2.31. The van der Waals surface area contributed by atoms with Crippen molar-refractivity contribution in [1.29, 1.82) is 5.26 Å². The first-order valence-electron chi connectivity index (χ1n) is 5.52. The number of hydrogen-bond donors (Lipinski definition) is 1. The Hall–Kier alpha value is -2.68. The predicted octanol–water partition coefficient (Wildman–Crippen LogP) is 1.91. The van der Waals surface area contributed by atoms with Crippen LogP contribution in [0.15, 0.2) is 31.0 Å². The van der Waals surface area contributed by atoms with Crippen LogP contribution in [0, 0.1) is 11.3 Å². The van der Waals surface area contributed by atoms with Gasteiger partial charge in [0.2, 0.25) is 0 Å². The molecular formula is C12H10N6. The van der Waals surface area contributed by atoms with Crippen molar-refractivity contribution in [2.45, 2.75) is 13.0 Å². The van der Waals surface area contributed by atoms with E-state index in [1.165, 1.54) is 6.33 Å².